The molecule has 9 nitrogen and oxygen atoms in total. The zero-order chi connectivity index (χ0) is 15.1. The lowest BCUT2D eigenvalue weighted by atomic mass is 10.1. The maximum atomic E-state index is 12.3. The van der Waals surface area contributed by atoms with Gasteiger partial charge in [0.05, 0.1) is 10.5 Å². The van der Waals surface area contributed by atoms with Crippen LogP contribution in [0.5, 0.6) is 0 Å². The molecule has 2 heterocycles. The van der Waals surface area contributed by atoms with Crippen molar-refractivity contribution in [3.05, 3.63) is 51.2 Å². The number of aryl methyl sites for hydroxylation is 1. The van der Waals surface area contributed by atoms with Gasteiger partial charge in [0, 0.05) is 6.07 Å². The number of hydrogen-bond donors (Lipinski definition) is 0. The molecule has 1 aromatic heterocycles. The van der Waals surface area contributed by atoms with Crippen molar-refractivity contribution < 1.29 is 19.0 Å². The molecule has 0 bridgehead atoms. The number of carbonyl (C=O) groups is 2. The number of nitrogens with zero attached hydrogens (tertiary/aromatic N) is 4. The number of rotatable bonds is 3. The zero-order valence-electron chi connectivity index (χ0n) is 10.8. The molecule has 0 atom stereocenters. The number of nitro benzene ring substituents is 1. The minimum atomic E-state index is -0.738. The van der Waals surface area contributed by atoms with Gasteiger partial charge in [-0.1, -0.05) is 11.2 Å². The molecule has 1 aromatic carbocycles. The third-order valence-corrected chi connectivity index (χ3v) is 3.04. The minimum Gasteiger partial charge on any atom is -0.337 e. The molecule has 9 heteroatoms. The van der Waals surface area contributed by atoms with Gasteiger partial charge in [-0.25, -0.2) is 0 Å². The van der Waals surface area contributed by atoms with Gasteiger partial charge in [0.1, 0.15) is 12.1 Å². The summed E-state index contributed by atoms with van der Waals surface area (Å²) in [6.45, 7) is 1.38. The van der Waals surface area contributed by atoms with E-state index in [1.54, 1.807) is 6.92 Å². The highest BCUT2D eigenvalue weighted by molar-refractivity contribution is 6.23. The Morgan fingerprint density at radius 1 is 1.33 bits per heavy atom. The van der Waals surface area contributed by atoms with Crippen molar-refractivity contribution in [2.24, 2.45) is 0 Å². The van der Waals surface area contributed by atoms with E-state index in [2.05, 4.69) is 10.1 Å². The van der Waals surface area contributed by atoms with Crippen molar-refractivity contribution in [2.45, 2.75) is 13.5 Å². The second-order valence-corrected chi connectivity index (χ2v) is 4.39. The first-order valence-electron chi connectivity index (χ1n) is 5.92. The summed E-state index contributed by atoms with van der Waals surface area (Å²) in [5.41, 5.74) is -0.593. The summed E-state index contributed by atoms with van der Waals surface area (Å²) >= 11 is 0. The van der Waals surface area contributed by atoms with Crippen LogP contribution in [-0.4, -0.2) is 31.8 Å². The third kappa shape index (κ3) is 1.95. The quantitative estimate of drug-likeness (QED) is 0.470. The largest absolute Gasteiger partial charge is 0.337 e. The Labute approximate surface area is 117 Å². The molecule has 106 valence electrons. The first-order valence-corrected chi connectivity index (χ1v) is 5.92. The molecule has 0 N–H and O–H groups in total. The Balaban J connectivity index is 2.01. The molecular weight excluding hydrogens is 280 g/mol. The minimum absolute atomic E-state index is 0.00503. The lowest BCUT2D eigenvalue weighted by Crippen LogP contribution is -2.29. The summed E-state index contributed by atoms with van der Waals surface area (Å²) in [7, 11) is 0. The predicted octanol–water partition coefficient (Wildman–Crippen LogP) is 1.08. The SMILES string of the molecule is Cc1noc(CN2C(=O)c3cccc([N+](=O)[O-])c3C2=O)n1. The lowest BCUT2D eigenvalue weighted by Gasteiger charge is -2.09. The van der Waals surface area contributed by atoms with E-state index in [0.717, 1.165) is 4.90 Å². The van der Waals surface area contributed by atoms with Gasteiger partial charge >= 0.3 is 0 Å². The van der Waals surface area contributed by atoms with Crippen LogP contribution in [0.2, 0.25) is 0 Å². The zero-order valence-corrected chi connectivity index (χ0v) is 10.8. The number of hydrogen-bond acceptors (Lipinski definition) is 7. The van der Waals surface area contributed by atoms with Crippen LogP contribution in [0.3, 0.4) is 0 Å². The molecule has 1 aliphatic rings. The smallest absolute Gasteiger partial charge is 0.282 e. The number of nitro groups is 1. The van der Waals surface area contributed by atoms with Gasteiger partial charge in [0.25, 0.3) is 17.5 Å². The maximum Gasteiger partial charge on any atom is 0.282 e. The molecule has 0 fully saturated rings. The van der Waals surface area contributed by atoms with E-state index in [-0.39, 0.29) is 23.6 Å². The standard InChI is InChI=1S/C12H8N4O5/c1-6-13-9(21-14-6)5-15-11(17)7-3-2-4-8(16(19)20)10(7)12(15)18/h2-4H,5H2,1H3. The summed E-state index contributed by atoms with van der Waals surface area (Å²) < 4.78 is 4.86. The molecule has 0 unspecified atom stereocenters. The van der Waals surface area contributed by atoms with Gasteiger partial charge in [0.15, 0.2) is 5.82 Å². The number of carbonyl (C=O) groups excluding carboxylic acids is 2. The number of amides is 2. The maximum absolute atomic E-state index is 12.3. The average Bonchev–Trinajstić information content (AvgIpc) is 2.96. The summed E-state index contributed by atoms with van der Waals surface area (Å²) in [5.74, 6) is -0.898. The van der Waals surface area contributed by atoms with Gasteiger partial charge in [-0.3, -0.25) is 24.6 Å². The van der Waals surface area contributed by atoms with E-state index >= 15 is 0 Å². The molecule has 2 aromatic rings. The van der Waals surface area contributed by atoms with E-state index in [1.165, 1.54) is 18.2 Å². The van der Waals surface area contributed by atoms with Gasteiger partial charge in [-0.05, 0) is 13.0 Å². The summed E-state index contributed by atoms with van der Waals surface area (Å²) in [5, 5.41) is 14.5. The fourth-order valence-electron chi connectivity index (χ4n) is 2.15. The van der Waals surface area contributed by atoms with Gasteiger partial charge in [0.2, 0.25) is 5.89 Å². The van der Waals surface area contributed by atoms with Gasteiger partial charge in [-0.15, -0.1) is 0 Å². The van der Waals surface area contributed by atoms with E-state index in [1.807, 2.05) is 0 Å². The Bertz CT molecular complexity index is 782. The highest BCUT2D eigenvalue weighted by Gasteiger charge is 2.41. The fraction of sp³-hybridized carbons (Fsp3) is 0.167. The fourth-order valence-corrected chi connectivity index (χ4v) is 2.15. The predicted molar refractivity (Wildman–Crippen MR) is 66.3 cm³/mol. The van der Waals surface area contributed by atoms with Crippen LogP contribution in [0.15, 0.2) is 22.7 Å². The van der Waals surface area contributed by atoms with E-state index in [9.17, 15) is 19.7 Å². The Hall–Kier alpha value is -3.10. The van der Waals surface area contributed by atoms with Crippen LogP contribution in [0, 0.1) is 17.0 Å². The average molecular weight is 288 g/mol. The summed E-state index contributed by atoms with van der Waals surface area (Å²) in [4.78, 5) is 39.5. The van der Waals surface area contributed by atoms with Crippen LogP contribution in [0.1, 0.15) is 32.4 Å². The van der Waals surface area contributed by atoms with Gasteiger partial charge in [-0.2, -0.15) is 4.98 Å². The third-order valence-electron chi connectivity index (χ3n) is 3.04. The molecule has 21 heavy (non-hydrogen) atoms. The highest BCUT2D eigenvalue weighted by Crippen LogP contribution is 2.31. The number of benzene rings is 1. The topological polar surface area (TPSA) is 119 Å². The molecular formula is C12H8N4O5. The van der Waals surface area contributed by atoms with Crippen molar-refractivity contribution in [1.29, 1.82) is 0 Å². The molecule has 0 spiro atoms. The van der Waals surface area contributed by atoms with Crippen LogP contribution in [0.4, 0.5) is 5.69 Å². The van der Waals surface area contributed by atoms with Crippen molar-refractivity contribution in [3.8, 4) is 0 Å². The van der Waals surface area contributed by atoms with Crippen LogP contribution >= 0.6 is 0 Å². The summed E-state index contributed by atoms with van der Waals surface area (Å²) in [6, 6.07) is 3.93. The molecule has 3 rings (SSSR count). The molecule has 0 aliphatic carbocycles. The molecule has 0 saturated carbocycles. The van der Waals surface area contributed by atoms with Crippen molar-refractivity contribution >= 4 is 17.5 Å². The van der Waals surface area contributed by atoms with Crippen molar-refractivity contribution in [3.63, 3.8) is 0 Å². The van der Waals surface area contributed by atoms with E-state index in [0.29, 0.717) is 5.82 Å². The van der Waals surface area contributed by atoms with Gasteiger partial charge < -0.3 is 4.52 Å². The van der Waals surface area contributed by atoms with E-state index < -0.39 is 22.4 Å². The lowest BCUT2D eigenvalue weighted by molar-refractivity contribution is -0.385. The Morgan fingerprint density at radius 2 is 2.10 bits per heavy atom. The first-order chi connectivity index (χ1) is 9.99. The van der Waals surface area contributed by atoms with Crippen molar-refractivity contribution in [2.75, 3.05) is 0 Å². The molecule has 1 aliphatic heterocycles. The second kappa shape index (κ2) is 4.47. The molecule has 0 radical (unpaired) electrons. The second-order valence-electron chi connectivity index (χ2n) is 4.39. The molecule has 2 amide bonds. The Morgan fingerprint density at radius 3 is 2.71 bits per heavy atom. The number of aromatic nitrogens is 2. The molecule has 0 saturated heterocycles. The summed E-state index contributed by atoms with van der Waals surface area (Å²) in [6.07, 6.45) is 0. The monoisotopic (exact) mass is 288 g/mol. The first kappa shape index (κ1) is 12.9. The van der Waals surface area contributed by atoms with Crippen LogP contribution in [0.25, 0.3) is 0 Å². The van der Waals surface area contributed by atoms with Crippen LogP contribution in [-0.2, 0) is 6.54 Å². The normalized spacial score (nSPS) is 13.7. The van der Waals surface area contributed by atoms with E-state index in [4.69, 9.17) is 4.52 Å². The Kier molecular flexibility index (Phi) is 2.75. The van der Waals surface area contributed by atoms with Crippen molar-refractivity contribution in [1.82, 2.24) is 15.0 Å². The number of fused-ring (bicyclic) bond motifs is 1. The highest BCUT2D eigenvalue weighted by atomic mass is 16.6. The number of imide groups is 1. The van der Waals surface area contributed by atoms with Crippen LogP contribution < -0.4 is 0 Å².